The van der Waals surface area contributed by atoms with Crippen LogP contribution < -0.4 is 14.7 Å². The molecule has 1 fully saturated rings. The Bertz CT molecular complexity index is 616. The fourth-order valence-electron chi connectivity index (χ4n) is 2.55. The lowest BCUT2D eigenvalue weighted by Crippen LogP contribution is -2.47. The van der Waals surface area contributed by atoms with Crippen LogP contribution in [0.2, 0.25) is 0 Å². The van der Waals surface area contributed by atoms with Gasteiger partial charge < -0.3 is 14.7 Å². The van der Waals surface area contributed by atoms with Gasteiger partial charge in [0.15, 0.2) is 11.6 Å². The molecule has 0 amide bonds. The lowest BCUT2D eigenvalue weighted by molar-refractivity contribution is 0.630. The van der Waals surface area contributed by atoms with E-state index in [0.717, 1.165) is 50.2 Å². The normalized spacial score (nSPS) is 14.9. The SMILES string of the molecule is CCc1cnc(N2CCN(c3ccc(N(C)C)nn3)CC2)nc1. The molecule has 0 bridgehead atoms. The van der Waals surface area contributed by atoms with Crippen molar-refractivity contribution in [2.45, 2.75) is 13.3 Å². The first-order valence-electron chi connectivity index (χ1n) is 7.99. The molecule has 3 heterocycles. The first-order chi connectivity index (χ1) is 11.2. The van der Waals surface area contributed by atoms with Gasteiger partial charge in [-0.15, -0.1) is 10.2 Å². The van der Waals surface area contributed by atoms with Crippen molar-refractivity contribution in [2.75, 3.05) is 55.0 Å². The predicted octanol–water partition coefficient (Wildman–Crippen LogP) is 1.22. The fourth-order valence-corrected chi connectivity index (χ4v) is 2.55. The van der Waals surface area contributed by atoms with Crippen molar-refractivity contribution >= 4 is 17.6 Å². The van der Waals surface area contributed by atoms with E-state index < -0.39 is 0 Å². The Kier molecular flexibility index (Phi) is 4.55. The van der Waals surface area contributed by atoms with E-state index in [1.165, 1.54) is 5.56 Å². The predicted molar refractivity (Wildman–Crippen MR) is 92.2 cm³/mol. The molecule has 2 aromatic rings. The second kappa shape index (κ2) is 6.76. The lowest BCUT2D eigenvalue weighted by atomic mass is 10.3. The van der Waals surface area contributed by atoms with E-state index in [1.807, 2.05) is 43.5 Å². The quantitative estimate of drug-likeness (QED) is 0.841. The molecule has 2 aromatic heterocycles. The van der Waals surface area contributed by atoms with Gasteiger partial charge in [0.1, 0.15) is 0 Å². The summed E-state index contributed by atoms with van der Waals surface area (Å²) in [6, 6.07) is 4.03. The van der Waals surface area contributed by atoms with E-state index in [-0.39, 0.29) is 0 Å². The Morgan fingerprint density at radius 2 is 1.61 bits per heavy atom. The number of aryl methyl sites for hydroxylation is 1. The minimum atomic E-state index is 0.816. The summed E-state index contributed by atoms with van der Waals surface area (Å²) in [5.41, 5.74) is 1.17. The molecule has 7 nitrogen and oxygen atoms in total. The van der Waals surface area contributed by atoms with Gasteiger partial charge in [-0.2, -0.15) is 0 Å². The van der Waals surface area contributed by atoms with Crippen LogP contribution in [0.25, 0.3) is 0 Å². The zero-order chi connectivity index (χ0) is 16.2. The summed E-state index contributed by atoms with van der Waals surface area (Å²) < 4.78 is 0. The summed E-state index contributed by atoms with van der Waals surface area (Å²) >= 11 is 0. The minimum absolute atomic E-state index is 0.816. The number of piperazine rings is 1. The standard InChI is InChI=1S/C16H23N7/c1-4-13-11-17-16(18-12-13)23-9-7-22(8-10-23)15-6-5-14(19-20-15)21(2)3/h5-6,11-12H,4,7-10H2,1-3H3. The van der Waals surface area contributed by atoms with Gasteiger partial charge in [0.05, 0.1) is 0 Å². The largest absolute Gasteiger partial charge is 0.361 e. The Balaban J connectivity index is 1.61. The summed E-state index contributed by atoms with van der Waals surface area (Å²) in [5, 5.41) is 8.57. The van der Waals surface area contributed by atoms with Crippen LogP contribution in [-0.2, 0) is 6.42 Å². The van der Waals surface area contributed by atoms with Crippen molar-refractivity contribution < 1.29 is 0 Å². The fraction of sp³-hybridized carbons (Fsp3) is 0.500. The summed E-state index contributed by atoms with van der Waals surface area (Å²) in [6.07, 6.45) is 4.80. The molecule has 0 aromatic carbocycles. The molecule has 0 unspecified atom stereocenters. The molecule has 0 N–H and O–H groups in total. The summed E-state index contributed by atoms with van der Waals surface area (Å²) in [7, 11) is 3.93. The van der Waals surface area contributed by atoms with Gasteiger partial charge in [0, 0.05) is 52.7 Å². The van der Waals surface area contributed by atoms with Crippen LogP contribution in [0.1, 0.15) is 12.5 Å². The number of rotatable bonds is 4. The molecule has 7 heteroatoms. The van der Waals surface area contributed by atoms with Crippen LogP contribution in [0.15, 0.2) is 24.5 Å². The van der Waals surface area contributed by atoms with Crippen molar-refractivity contribution in [1.29, 1.82) is 0 Å². The molecule has 122 valence electrons. The van der Waals surface area contributed by atoms with E-state index in [0.29, 0.717) is 0 Å². The number of nitrogens with zero attached hydrogens (tertiary/aromatic N) is 7. The monoisotopic (exact) mass is 313 g/mol. The highest BCUT2D eigenvalue weighted by molar-refractivity contribution is 5.46. The number of hydrogen-bond acceptors (Lipinski definition) is 7. The second-order valence-corrected chi connectivity index (χ2v) is 5.86. The van der Waals surface area contributed by atoms with E-state index >= 15 is 0 Å². The maximum atomic E-state index is 4.46. The van der Waals surface area contributed by atoms with E-state index in [9.17, 15) is 0 Å². The molecule has 0 saturated carbocycles. The minimum Gasteiger partial charge on any atom is -0.361 e. The lowest BCUT2D eigenvalue weighted by Gasteiger charge is -2.35. The van der Waals surface area contributed by atoms with Crippen LogP contribution in [0.3, 0.4) is 0 Å². The summed E-state index contributed by atoms with van der Waals surface area (Å²) in [6.45, 7) is 5.69. The topological polar surface area (TPSA) is 61.3 Å². The van der Waals surface area contributed by atoms with Crippen molar-refractivity contribution in [1.82, 2.24) is 20.2 Å². The van der Waals surface area contributed by atoms with Gasteiger partial charge in [-0.1, -0.05) is 6.92 Å². The third kappa shape index (κ3) is 3.49. The average molecular weight is 313 g/mol. The summed E-state index contributed by atoms with van der Waals surface area (Å²) in [4.78, 5) is 15.4. The molecule has 0 aliphatic carbocycles. The smallest absolute Gasteiger partial charge is 0.225 e. The molecule has 0 spiro atoms. The first kappa shape index (κ1) is 15.5. The van der Waals surface area contributed by atoms with Crippen LogP contribution in [-0.4, -0.2) is 60.4 Å². The van der Waals surface area contributed by atoms with Crippen LogP contribution >= 0.6 is 0 Å². The molecule has 23 heavy (non-hydrogen) atoms. The van der Waals surface area contributed by atoms with Gasteiger partial charge in [-0.05, 0) is 24.1 Å². The Morgan fingerprint density at radius 1 is 0.957 bits per heavy atom. The van der Waals surface area contributed by atoms with Gasteiger partial charge in [-0.25, -0.2) is 9.97 Å². The highest BCUT2D eigenvalue weighted by Gasteiger charge is 2.20. The number of aromatic nitrogens is 4. The highest BCUT2D eigenvalue weighted by Crippen LogP contribution is 2.17. The van der Waals surface area contributed by atoms with Gasteiger partial charge >= 0.3 is 0 Å². The highest BCUT2D eigenvalue weighted by atomic mass is 15.4. The molecule has 3 rings (SSSR count). The van der Waals surface area contributed by atoms with Gasteiger partial charge in [0.25, 0.3) is 0 Å². The average Bonchev–Trinajstić information content (AvgIpc) is 2.62. The maximum Gasteiger partial charge on any atom is 0.225 e. The molecular weight excluding hydrogens is 290 g/mol. The van der Waals surface area contributed by atoms with E-state index in [1.54, 1.807) is 0 Å². The molecular formula is C16H23N7. The van der Waals surface area contributed by atoms with Crippen molar-refractivity contribution in [3.63, 3.8) is 0 Å². The number of hydrogen-bond donors (Lipinski definition) is 0. The van der Waals surface area contributed by atoms with Crippen LogP contribution in [0.5, 0.6) is 0 Å². The third-order valence-electron chi connectivity index (χ3n) is 4.08. The molecule has 0 radical (unpaired) electrons. The first-order valence-corrected chi connectivity index (χ1v) is 7.99. The molecule has 1 aliphatic rings. The van der Waals surface area contributed by atoms with Gasteiger partial charge in [-0.3, -0.25) is 0 Å². The van der Waals surface area contributed by atoms with Crippen LogP contribution in [0.4, 0.5) is 17.6 Å². The third-order valence-corrected chi connectivity index (χ3v) is 4.08. The maximum absolute atomic E-state index is 4.46. The second-order valence-electron chi connectivity index (χ2n) is 5.86. The van der Waals surface area contributed by atoms with E-state index in [4.69, 9.17) is 0 Å². The van der Waals surface area contributed by atoms with Crippen molar-refractivity contribution in [3.8, 4) is 0 Å². The molecule has 1 saturated heterocycles. The molecule has 1 aliphatic heterocycles. The zero-order valence-corrected chi connectivity index (χ0v) is 14.0. The van der Waals surface area contributed by atoms with E-state index in [2.05, 4.69) is 36.9 Å². The van der Waals surface area contributed by atoms with Crippen molar-refractivity contribution in [3.05, 3.63) is 30.1 Å². The van der Waals surface area contributed by atoms with Crippen molar-refractivity contribution in [2.24, 2.45) is 0 Å². The summed E-state index contributed by atoms with van der Waals surface area (Å²) in [5.74, 6) is 2.62. The molecule has 0 atom stereocenters. The Morgan fingerprint density at radius 3 is 2.13 bits per heavy atom. The number of anilines is 3. The zero-order valence-electron chi connectivity index (χ0n) is 14.0. The Labute approximate surface area is 137 Å². The van der Waals surface area contributed by atoms with Crippen LogP contribution in [0, 0.1) is 0 Å². The van der Waals surface area contributed by atoms with Gasteiger partial charge in [0.2, 0.25) is 5.95 Å². The Hall–Kier alpha value is -2.44.